The minimum absolute atomic E-state index is 0.574. The van der Waals surface area contributed by atoms with Gasteiger partial charge in [-0.3, -0.25) is 0 Å². The minimum Gasteiger partial charge on any atom is -0.384 e. The largest absolute Gasteiger partial charge is 0.384 e. The first-order valence-corrected chi connectivity index (χ1v) is 5.32. The summed E-state index contributed by atoms with van der Waals surface area (Å²) in [6.45, 7) is 0.574. The van der Waals surface area contributed by atoms with Crippen LogP contribution >= 0.6 is 0 Å². The summed E-state index contributed by atoms with van der Waals surface area (Å²) in [5, 5.41) is 10.1. The van der Waals surface area contributed by atoms with Crippen molar-refractivity contribution in [1.29, 1.82) is 0 Å². The number of aromatic nitrogens is 2. The van der Waals surface area contributed by atoms with E-state index in [-0.39, 0.29) is 0 Å². The molecular weight excluding hydrogens is 216 g/mol. The van der Waals surface area contributed by atoms with E-state index < -0.39 is 6.10 Å². The van der Waals surface area contributed by atoms with Crippen LogP contribution in [-0.4, -0.2) is 22.2 Å². The van der Waals surface area contributed by atoms with Crippen LogP contribution in [0.15, 0.2) is 43.0 Å². The lowest BCUT2D eigenvalue weighted by Gasteiger charge is -2.10. The Morgan fingerprint density at radius 2 is 1.76 bits per heavy atom. The van der Waals surface area contributed by atoms with Crippen LogP contribution in [0.2, 0.25) is 0 Å². The Kier molecular flexibility index (Phi) is 3.80. The van der Waals surface area contributed by atoms with Gasteiger partial charge in [-0.15, -0.1) is 0 Å². The summed E-state index contributed by atoms with van der Waals surface area (Å²) < 4.78 is 5.03. The van der Waals surface area contributed by atoms with Gasteiger partial charge in [-0.2, -0.15) is 0 Å². The molecule has 0 radical (unpaired) electrons. The molecule has 2 rings (SSSR count). The van der Waals surface area contributed by atoms with Crippen molar-refractivity contribution in [2.75, 3.05) is 7.11 Å². The second-order valence-corrected chi connectivity index (χ2v) is 3.75. The van der Waals surface area contributed by atoms with Crippen LogP contribution in [0.3, 0.4) is 0 Å². The monoisotopic (exact) mass is 230 g/mol. The molecule has 0 fully saturated rings. The van der Waals surface area contributed by atoms with Gasteiger partial charge in [-0.1, -0.05) is 24.3 Å². The van der Waals surface area contributed by atoms with Crippen molar-refractivity contribution in [2.24, 2.45) is 0 Å². The summed E-state index contributed by atoms with van der Waals surface area (Å²) in [5.74, 6) is 0. The van der Waals surface area contributed by atoms with Crippen LogP contribution in [0.5, 0.6) is 0 Å². The zero-order chi connectivity index (χ0) is 12.1. The van der Waals surface area contributed by atoms with Crippen molar-refractivity contribution in [3.05, 3.63) is 59.7 Å². The smallest absolute Gasteiger partial charge is 0.115 e. The molecule has 4 nitrogen and oxygen atoms in total. The fourth-order valence-corrected chi connectivity index (χ4v) is 1.61. The van der Waals surface area contributed by atoms with Crippen molar-refractivity contribution in [3.8, 4) is 0 Å². The number of aliphatic hydroxyl groups is 1. The average molecular weight is 230 g/mol. The summed E-state index contributed by atoms with van der Waals surface area (Å²) in [6.07, 6.45) is 3.98. The molecule has 0 spiro atoms. The number of rotatable bonds is 4. The maximum atomic E-state index is 10.1. The SMILES string of the molecule is COCc1ccc(C(O)c2cncnc2)cc1. The molecule has 1 unspecified atom stereocenters. The van der Waals surface area contributed by atoms with Crippen molar-refractivity contribution in [1.82, 2.24) is 9.97 Å². The van der Waals surface area contributed by atoms with Gasteiger partial charge >= 0.3 is 0 Å². The molecule has 0 bridgehead atoms. The van der Waals surface area contributed by atoms with E-state index in [9.17, 15) is 5.11 Å². The van der Waals surface area contributed by atoms with Crippen molar-refractivity contribution in [3.63, 3.8) is 0 Å². The fraction of sp³-hybridized carbons (Fsp3) is 0.231. The number of hydrogen-bond acceptors (Lipinski definition) is 4. The number of methoxy groups -OCH3 is 1. The lowest BCUT2D eigenvalue weighted by molar-refractivity contribution is 0.184. The van der Waals surface area contributed by atoms with Gasteiger partial charge < -0.3 is 9.84 Å². The Morgan fingerprint density at radius 1 is 1.12 bits per heavy atom. The lowest BCUT2D eigenvalue weighted by Crippen LogP contribution is -2.01. The maximum absolute atomic E-state index is 10.1. The molecule has 0 amide bonds. The van der Waals surface area contributed by atoms with E-state index >= 15 is 0 Å². The van der Waals surface area contributed by atoms with Gasteiger partial charge in [0.2, 0.25) is 0 Å². The lowest BCUT2D eigenvalue weighted by atomic mass is 10.0. The molecule has 4 heteroatoms. The predicted octanol–water partition coefficient (Wildman–Crippen LogP) is 1.70. The zero-order valence-corrected chi connectivity index (χ0v) is 9.58. The van der Waals surface area contributed by atoms with E-state index in [1.807, 2.05) is 24.3 Å². The number of nitrogens with zero attached hydrogens (tertiary/aromatic N) is 2. The van der Waals surface area contributed by atoms with Crippen LogP contribution in [0.4, 0.5) is 0 Å². The van der Waals surface area contributed by atoms with Crippen LogP contribution in [0.1, 0.15) is 22.8 Å². The first-order valence-electron chi connectivity index (χ1n) is 5.32. The van der Waals surface area contributed by atoms with Gasteiger partial charge in [0, 0.05) is 25.1 Å². The summed E-state index contributed by atoms with van der Waals surface area (Å²) in [4.78, 5) is 7.77. The zero-order valence-electron chi connectivity index (χ0n) is 9.58. The van der Waals surface area contributed by atoms with Gasteiger partial charge in [-0.25, -0.2) is 9.97 Å². The third kappa shape index (κ3) is 2.87. The fourth-order valence-electron chi connectivity index (χ4n) is 1.61. The minimum atomic E-state index is -0.687. The van der Waals surface area contributed by atoms with E-state index in [2.05, 4.69) is 9.97 Å². The number of aliphatic hydroxyl groups excluding tert-OH is 1. The van der Waals surface area contributed by atoms with E-state index in [0.29, 0.717) is 12.2 Å². The normalized spacial score (nSPS) is 12.4. The molecule has 0 aliphatic rings. The molecule has 1 heterocycles. The molecule has 1 N–H and O–H groups in total. The summed E-state index contributed by atoms with van der Waals surface area (Å²) in [7, 11) is 1.66. The van der Waals surface area contributed by atoms with E-state index in [1.165, 1.54) is 6.33 Å². The molecule has 1 atom stereocenters. The van der Waals surface area contributed by atoms with Gasteiger partial charge in [0.1, 0.15) is 12.4 Å². The van der Waals surface area contributed by atoms with Gasteiger partial charge in [0.25, 0.3) is 0 Å². The number of hydrogen-bond donors (Lipinski definition) is 1. The Balaban J connectivity index is 2.17. The molecule has 0 saturated carbocycles. The molecule has 88 valence electrons. The molecule has 0 aliphatic carbocycles. The topological polar surface area (TPSA) is 55.2 Å². The van der Waals surface area contributed by atoms with Gasteiger partial charge in [0.15, 0.2) is 0 Å². The molecule has 1 aromatic heterocycles. The van der Waals surface area contributed by atoms with Crippen molar-refractivity contribution < 1.29 is 9.84 Å². The van der Waals surface area contributed by atoms with Crippen LogP contribution < -0.4 is 0 Å². The third-order valence-corrected chi connectivity index (χ3v) is 2.50. The summed E-state index contributed by atoms with van der Waals surface area (Å²) in [6, 6.07) is 7.63. The first-order chi connectivity index (χ1) is 8.31. The van der Waals surface area contributed by atoms with Gasteiger partial charge in [-0.05, 0) is 11.1 Å². The average Bonchev–Trinajstić information content (AvgIpc) is 2.40. The highest BCUT2D eigenvalue weighted by atomic mass is 16.5. The quantitative estimate of drug-likeness (QED) is 0.868. The highest BCUT2D eigenvalue weighted by Crippen LogP contribution is 2.20. The maximum Gasteiger partial charge on any atom is 0.115 e. The van der Waals surface area contributed by atoms with Crippen molar-refractivity contribution >= 4 is 0 Å². The molecule has 2 aromatic rings. The second kappa shape index (κ2) is 5.52. The van der Waals surface area contributed by atoms with Gasteiger partial charge in [0.05, 0.1) is 6.61 Å². The molecule has 1 aromatic carbocycles. The molecule has 0 saturated heterocycles. The highest BCUT2D eigenvalue weighted by molar-refractivity contribution is 5.29. The number of benzene rings is 1. The van der Waals surface area contributed by atoms with Crippen LogP contribution in [0.25, 0.3) is 0 Å². The van der Waals surface area contributed by atoms with E-state index in [4.69, 9.17) is 4.74 Å². The Morgan fingerprint density at radius 3 is 2.35 bits per heavy atom. The van der Waals surface area contributed by atoms with E-state index in [0.717, 1.165) is 11.1 Å². The van der Waals surface area contributed by atoms with Crippen molar-refractivity contribution in [2.45, 2.75) is 12.7 Å². The molecule has 0 aliphatic heterocycles. The van der Waals surface area contributed by atoms with E-state index in [1.54, 1.807) is 19.5 Å². The Hall–Kier alpha value is -1.78. The predicted molar refractivity (Wildman–Crippen MR) is 63.2 cm³/mol. The molecular formula is C13H14N2O2. The highest BCUT2D eigenvalue weighted by Gasteiger charge is 2.10. The van der Waals surface area contributed by atoms with Crippen LogP contribution in [-0.2, 0) is 11.3 Å². The summed E-state index contributed by atoms with van der Waals surface area (Å²) in [5.41, 5.74) is 2.58. The molecule has 17 heavy (non-hydrogen) atoms. The Labute approximate surface area is 99.9 Å². The van der Waals surface area contributed by atoms with Crippen LogP contribution in [0, 0.1) is 0 Å². The third-order valence-electron chi connectivity index (χ3n) is 2.50. The standard InChI is InChI=1S/C13H14N2O2/c1-17-8-10-2-4-11(5-3-10)13(16)12-6-14-9-15-7-12/h2-7,9,13,16H,8H2,1H3. The Bertz CT molecular complexity index is 457. The first kappa shape index (κ1) is 11.7. The second-order valence-electron chi connectivity index (χ2n) is 3.75. The number of ether oxygens (including phenoxy) is 1. The summed E-state index contributed by atoms with van der Waals surface area (Å²) >= 11 is 0.